The molecule has 2 heterocycles. The minimum Gasteiger partial charge on any atom is -0.492 e. The number of benzene rings is 2. The molecule has 0 spiro atoms. The highest BCUT2D eigenvalue weighted by Crippen LogP contribution is 2.29. The molecule has 37 heavy (non-hydrogen) atoms. The molecule has 1 unspecified atom stereocenters. The van der Waals surface area contributed by atoms with E-state index in [-0.39, 0.29) is 17.3 Å². The van der Waals surface area contributed by atoms with Crippen LogP contribution in [0.1, 0.15) is 37.7 Å². The SMILES string of the molecule is CCOCc1nc(O)c(S(=O)(=O)c2ccc(-c3ccc(F)nc3)cc2)c(=O)n1C(CC)c1ccccc1. The second kappa shape index (κ2) is 11.0. The van der Waals surface area contributed by atoms with Gasteiger partial charge in [-0.2, -0.15) is 9.37 Å². The van der Waals surface area contributed by atoms with Gasteiger partial charge in [0.1, 0.15) is 12.4 Å². The number of aromatic nitrogens is 3. The lowest BCUT2D eigenvalue weighted by molar-refractivity contribution is 0.122. The average Bonchev–Trinajstić information content (AvgIpc) is 2.90. The zero-order chi connectivity index (χ0) is 26.6. The first kappa shape index (κ1) is 26.2. The van der Waals surface area contributed by atoms with Gasteiger partial charge in [0.2, 0.25) is 21.7 Å². The predicted molar refractivity (Wildman–Crippen MR) is 135 cm³/mol. The number of pyridine rings is 1. The highest BCUT2D eigenvalue weighted by molar-refractivity contribution is 7.91. The number of aromatic hydroxyl groups is 1. The van der Waals surface area contributed by atoms with Crippen LogP contribution in [-0.2, 0) is 21.2 Å². The Bertz CT molecular complexity index is 1540. The molecule has 0 amide bonds. The van der Waals surface area contributed by atoms with Crippen LogP contribution in [0, 0.1) is 5.95 Å². The standard InChI is InChI=1S/C27H26FN3O5S/c1-3-22(19-8-6-5-7-9-19)31-24(17-36-4-2)30-26(32)25(27(31)33)37(34,35)21-13-10-18(11-14-21)20-12-15-23(28)29-16-20/h5-16,22,32H,3-4,17H2,1-2H3. The fourth-order valence-corrected chi connectivity index (χ4v) is 5.48. The maximum atomic E-state index is 13.8. The van der Waals surface area contributed by atoms with Crippen LogP contribution in [0.5, 0.6) is 5.88 Å². The molecule has 2 aromatic heterocycles. The number of hydrogen-bond acceptors (Lipinski definition) is 7. The summed E-state index contributed by atoms with van der Waals surface area (Å²) >= 11 is 0. The Labute approximate surface area is 214 Å². The smallest absolute Gasteiger partial charge is 0.277 e. The molecule has 0 aliphatic heterocycles. The van der Waals surface area contributed by atoms with Gasteiger partial charge in [-0.1, -0.05) is 49.4 Å². The van der Waals surface area contributed by atoms with Crippen LogP contribution >= 0.6 is 0 Å². The van der Waals surface area contributed by atoms with Gasteiger partial charge in [0.25, 0.3) is 5.56 Å². The van der Waals surface area contributed by atoms with Crippen molar-refractivity contribution in [3.05, 3.63) is 101 Å². The van der Waals surface area contributed by atoms with E-state index in [2.05, 4.69) is 9.97 Å². The number of nitrogens with zero attached hydrogens (tertiary/aromatic N) is 3. The van der Waals surface area contributed by atoms with Crippen LogP contribution in [0.3, 0.4) is 0 Å². The summed E-state index contributed by atoms with van der Waals surface area (Å²) in [5.41, 5.74) is 1.10. The lowest BCUT2D eigenvalue weighted by Crippen LogP contribution is -2.33. The Kier molecular flexibility index (Phi) is 7.80. The fraction of sp³-hybridized carbons (Fsp3) is 0.222. The van der Waals surface area contributed by atoms with Crippen LogP contribution in [0.25, 0.3) is 11.1 Å². The van der Waals surface area contributed by atoms with Gasteiger partial charge in [0.05, 0.1) is 10.9 Å². The van der Waals surface area contributed by atoms with Crippen molar-refractivity contribution >= 4 is 9.84 Å². The largest absolute Gasteiger partial charge is 0.492 e. The Morgan fingerprint density at radius 2 is 1.68 bits per heavy atom. The summed E-state index contributed by atoms with van der Waals surface area (Å²) in [4.78, 5) is 20.5. The van der Waals surface area contributed by atoms with Crippen molar-refractivity contribution in [3.63, 3.8) is 0 Å². The summed E-state index contributed by atoms with van der Waals surface area (Å²) in [5, 5.41) is 10.7. The quantitative estimate of drug-likeness (QED) is 0.321. The summed E-state index contributed by atoms with van der Waals surface area (Å²) in [5.74, 6) is -1.39. The summed E-state index contributed by atoms with van der Waals surface area (Å²) in [6, 6.07) is 17.1. The third kappa shape index (κ3) is 5.30. The van der Waals surface area contributed by atoms with Crippen molar-refractivity contribution in [2.45, 2.75) is 42.7 Å². The van der Waals surface area contributed by atoms with E-state index in [0.717, 1.165) is 5.56 Å². The fourth-order valence-electron chi connectivity index (χ4n) is 4.13. The van der Waals surface area contributed by atoms with Crippen LogP contribution < -0.4 is 5.56 Å². The molecule has 1 atom stereocenters. The molecule has 0 saturated heterocycles. The highest BCUT2D eigenvalue weighted by atomic mass is 32.2. The molecule has 10 heteroatoms. The first-order valence-electron chi connectivity index (χ1n) is 11.7. The van der Waals surface area contributed by atoms with E-state index in [0.29, 0.717) is 24.2 Å². The molecule has 4 aromatic rings. The normalized spacial score (nSPS) is 12.4. The molecule has 0 bridgehead atoms. The second-order valence-corrected chi connectivity index (χ2v) is 10.1. The monoisotopic (exact) mass is 523 g/mol. The zero-order valence-electron chi connectivity index (χ0n) is 20.3. The van der Waals surface area contributed by atoms with Crippen molar-refractivity contribution in [1.29, 1.82) is 0 Å². The van der Waals surface area contributed by atoms with Gasteiger partial charge >= 0.3 is 0 Å². The van der Waals surface area contributed by atoms with Crippen molar-refractivity contribution in [2.24, 2.45) is 0 Å². The van der Waals surface area contributed by atoms with Gasteiger partial charge < -0.3 is 9.84 Å². The van der Waals surface area contributed by atoms with Crippen molar-refractivity contribution in [1.82, 2.24) is 14.5 Å². The maximum absolute atomic E-state index is 13.8. The lowest BCUT2D eigenvalue weighted by atomic mass is 10.0. The molecular formula is C27H26FN3O5S. The Hall–Kier alpha value is -3.89. The molecule has 0 fully saturated rings. The maximum Gasteiger partial charge on any atom is 0.277 e. The Morgan fingerprint density at radius 3 is 2.27 bits per heavy atom. The van der Waals surface area contributed by atoms with Crippen LogP contribution in [0.2, 0.25) is 0 Å². The van der Waals surface area contributed by atoms with Gasteiger partial charge in [-0.15, -0.1) is 0 Å². The third-order valence-electron chi connectivity index (χ3n) is 5.94. The van der Waals surface area contributed by atoms with Crippen LogP contribution in [0.4, 0.5) is 4.39 Å². The predicted octanol–water partition coefficient (Wildman–Crippen LogP) is 4.52. The molecule has 0 saturated carbocycles. The molecular weight excluding hydrogens is 497 g/mol. The first-order valence-corrected chi connectivity index (χ1v) is 13.2. The van der Waals surface area contributed by atoms with E-state index in [4.69, 9.17) is 4.74 Å². The second-order valence-electron chi connectivity index (χ2n) is 8.23. The number of rotatable bonds is 9. The topological polar surface area (TPSA) is 111 Å². The average molecular weight is 524 g/mol. The minimum absolute atomic E-state index is 0.0800. The summed E-state index contributed by atoms with van der Waals surface area (Å²) in [7, 11) is -4.45. The van der Waals surface area contributed by atoms with Gasteiger partial charge in [-0.3, -0.25) is 9.36 Å². The van der Waals surface area contributed by atoms with Crippen molar-refractivity contribution in [3.8, 4) is 17.0 Å². The summed E-state index contributed by atoms with van der Waals surface area (Å²) in [6.45, 7) is 3.91. The minimum atomic E-state index is -4.45. The third-order valence-corrected chi connectivity index (χ3v) is 7.73. The molecule has 0 radical (unpaired) electrons. The number of ether oxygens (including phenoxy) is 1. The van der Waals surface area contributed by atoms with E-state index in [9.17, 15) is 22.7 Å². The van der Waals surface area contributed by atoms with Gasteiger partial charge in [-0.05, 0) is 48.7 Å². The van der Waals surface area contributed by atoms with Crippen LogP contribution in [0.15, 0.2) is 87.5 Å². The van der Waals surface area contributed by atoms with E-state index in [1.807, 2.05) is 37.3 Å². The highest BCUT2D eigenvalue weighted by Gasteiger charge is 2.31. The van der Waals surface area contributed by atoms with E-state index in [1.54, 1.807) is 6.92 Å². The van der Waals surface area contributed by atoms with Crippen molar-refractivity contribution < 1.29 is 22.7 Å². The first-order chi connectivity index (χ1) is 17.8. The Morgan fingerprint density at radius 1 is 1.00 bits per heavy atom. The zero-order valence-corrected chi connectivity index (χ0v) is 21.2. The molecule has 1 N–H and O–H groups in total. The van der Waals surface area contributed by atoms with E-state index in [1.165, 1.54) is 47.2 Å². The number of sulfone groups is 1. The molecule has 4 rings (SSSR count). The Balaban J connectivity index is 1.84. The summed E-state index contributed by atoms with van der Waals surface area (Å²) < 4.78 is 47.1. The molecule has 192 valence electrons. The van der Waals surface area contributed by atoms with Gasteiger partial charge in [-0.25, -0.2) is 13.4 Å². The van der Waals surface area contributed by atoms with Crippen LogP contribution in [-0.4, -0.2) is 34.7 Å². The van der Waals surface area contributed by atoms with Gasteiger partial charge in [0, 0.05) is 18.4 Å². The molecule has 8 nitrogen and oxygen atoms in total. The molecule has 0 aliphatic carbocycles. The summed E-state index contributed by atoms with van der Waals surface area (Å²) in [6.07, 6.45) is 1.80. The van der Waals surface area contributed by atoms with E-state index < -0.39 is 38.2 Å². The number of halogens is 1. The van der Waals surface area contributed by atoms with Crippen molar-refractivity contribution in [2.75, 3.05) is 6.61 Å². The van der Waals surface area contributed by atoms with Gasteiger partial charge in [0.15, 0.2) is 4.90 Å². The van der Waals surface area contributed by atoms with E-state index >= 15 is 0 Å². The molecule has 0 aliphatic rings. The molecule has 2 aromatic carbocycles. The number of hydrogen-bond donors (Lipinski definition) is 1. The lowest BCUT2D eigenvalue weighted by Gasteiger charge is -2.23.